The summed E-state index contributed by atoms with van der Waals surface area (Å²) < 4.78 is 17.2. The molecule has 2 fully saturated rings. The normalized spacial score (nSPS) is 18.4. The van der Waals surface area contributed by atoms with Gasteiger partial charge in [-0.2, -0.15) is 0 Å². The smallest absolute Gasteiger partial charge is 0.204 e. The molecule has 2 saturated heterocycles. The van der Waals surface area contributed by atoms with Crippen LogP contribution in [0.1, 0.15) is 38.5 Å². The zero-order valence-electron chi connectivity index (χ0n) is 23.0. The van der Waals surface area contributed by atoms with E-state index in [0.29, 0.717) is 35.7 Å². The predicted molar refractivity (Wildman–Crippen MR) is 153 cm³/mol. The minimum absolute atomic E-state index is 0.0693. The maximum atomic E-state index is 13.3. The first kappa shape index (κ1) is 28.4. The summed E-state index contributed by atoms with van der Waals surface area (Å²) in [6.45, 7) is 5.43. The molecular formula is C31H40N2O7. The number of aliphatic hydroxyl groups is 2. The third kappa shape index (κ3) is 7.34. The van der Waals surface area contributed by atoms with Crippen LogP contribution in [0.2, 0.25) is 0 Å². The van der Waals surface area contributed by atoms with Crippen molar-refractivity contribution < 1.29 is 29.2 Å². The lowest BCUT2D eigenvalue weighted by Crippen LogP contribution is -2.38. The minimum Gasteiger partial charge on any atom is -0.507 e. The lowest BCUT2D eigenvalue weighted by molar-refractivity contribution is 0.0616. The van der Waals surface area contributed by atoms with Gasteiger partial charge in [0.1, 0.15) is 59.9 Å². The Hall–Kier alpha value is -3.11. The second kappa shape index (κ2) is 13.5. The number of fused-ring (bicyclic) bond motifs is 1. The number of rotatable bonds is 11. The first-order valence-corrected chi connectivity index (χ1v) is 14.4. The summed E-state index contributed by atoms with van der Waals surface area (Å²) >= 11 is 0. The number of ether oxygens (including phenoxy) is 2. The van der Waals surface area contributed by atoms with Crippen LogP contribution in [0.25, 0.3) is 22.1 Å². The molecule has 0 spiro atoms. The number of hydrogen-bond donors (Lipinski definition) is 3. The molecule has 9 heteroatoms. The van der Waals surface area contributed by atoms with Gasteiger partial charge in [-0.05, 0) is 69.6 Å². The maximum absolute atomic E-state index is 13.3. The number of benzene rings is 2. The topological polar surface area (TPSA) is 116 Å². The van der Waals surface area contributed by atoms with Gasteiger partial charge >= 0.3 is 0 Å². The number of likely N-dealkylation sites (tertiary alicyclic amines) is 2. The fraction of sp³-hybridized carbons (Fsp3) is 0.516. The molecule has 0 bridgehead atoms. The molecule has 2 aliphatic heterocycles. The van der Waals surface area contributed by atoms with E-state index < -0.39 is 12.2 Å². The van der Waals surface area contributed by atoms with Gasteiger partial charge in [0.25, 0.3) is 0 Å². The monoisotopic (exact) mass is 552 g/mol. The Kier molecular flexibility index (Phi) is 9.59. The van der Waals surface area contributed by atoms with Gasteiger partial charge in [-0.3, -0.25) is 4.79 Å². The molecule has 2 aromatic carbocycles. The quantitative estimate of drug-likeness (QED) is 0.328. The average molecular weight is 553 g/mol. The van der Waals surface area contributed by atoms with E-state index in [0.717, 1.165) is 39.0 Å². The lowest BCUT2D eigenvalue weighted by atomic mass is 10.0. The Labute approximate surface area is 234 Å². The van der Waals surface area contributed by atoms with Gasteiger partial charge in [0.05, 0.1) is 5.56 Å². The average Bonchev–Trinajstić information content (AvgIpc) is 2.96. The number of nitrogens with zero attached hydrogens (tertiary/aromatic N) is 2. The zero-order chi connectivity index (χ0) is 27.9. The molecule has 2 aliphatic rings. The van der Waals surface area contributed by atoms with Crippen molar-refractivity contribution in [2.24, 2.45) is 0 Å². The van der Waals surface area contributed by atoms with Crippen LogP contribution in [0.3, 0.4) is 0 Å². The van der Waals surface area contributed by atoms with E-state index in [1.165, 1.54) is 38.0 Å². The van der Waals surface area contributed by atoms with Crippen LogP contribution < -0.4 is 14.9 Å². The number of aliphatic hydroxyl groups excluding tert-OH is 2. The summed E-state index contributed by atoms with van der Waals surface area (Å²) in [5.74, 6) is 0.678. The van der Waals surface area contributed by atoms with Gasteiger partial charge in [-0.15, -0.1) is 0 Å². The standard InChI is InChI=1S/C31H40N2O7/c34-23(17-32-11-3-1-4-12-32)19-38-25-9-7-22(8-10-25)27-21-40-29-16-26(15-28(36)30(29)31(27)37)39-20-24(35)18-33-13-5-2-6-14-33/h7-10,15-16,21,23-24,34-36H,1-6,11-14,17-20H2. The van der Waals surface area contributed by atoms with Crippen LogP contribution in [0.15, 0.2) is 51.9 Å². The van der Waals surface area contributed by atoms with Crippen molar-refractivity contribution in [1.82, 2.24) is 9.80 Å². The summed E-state index contributed by atoms with van der Waals surface area (Å²) in [7, 11) is 0. The van der Waals surface area contributed by atoms with E-state index in [-0.39, 0.29) is 35.4 Å². The van der Waals surface area contributed by atoms with Crippen molar-refractivity contribution in [1.29, 1.82) is 0 Å². The van der Waals surface area contributed by atoms with Crippen LogP contribution in [0, 0.1) is 0 Å². The highest BCUT2D eigenvalue weighted by atomic mass is 16.5. The number of phenols is 1. The molecule has 5 rings (SSSR count). The van der Waals surface area contributed by atoms with Gasteiger partial charge in [0.2, 0.25) is 5.43 Å². The molecule has 1 aromatic heterocycles. The van der Waals surface area contributed by atoms with E-state index in [1.54, 1.807) is 30.3 Å². The van der Waals surface area contributed by atoms with E-state index in [2.05, 4.69) is 9.80 Å². The molecule has 9 nitrogen and oxygen atoms in total. The molecule has 40 heavy (non-hydrogen) atoms. The van der Waals surface area contributed by atoms with Crippen molar-refractivity contribution in [3.05, 3.63) is 52.9 Å². The van der Waals surface area contributed by atoms with Crippen molar-refractivity contribution >= 4 is 11.0 Å². The second-order valence-corrected chi connectivity index (χ2v) is 11.0. The lowest BCUT2D eigenvalue weighted by Gasteiger charge is -2.28. The van der Waals surface area contributed by atoms with E-state index in [1.807, 2.05) is 0 Å². The van der Waals surface area contributed by atoms with Crippen LogP contribution >= 0.6 is 0 Å². The van der Waals surface area contributed by atoms with Gasteiger partial charge in [0.15, 0.2) is 0 Å². The molecule has 3 heterocycles. The van der Waals surface area contributed by atoms with Crippen molar-refractivity contribution in [2.75, 3.05) is 52.5 Å². The number of β-amino-alcohol motifs (C(OH)–C–C–N with tert-alkyl or cyclic N) is 2. The first-order valence-electron chi connectivity index (χ1n) is 14.4. The summed E-state index contributed by atoms with van der Waals surface area (Å²) in [6, 6.07) is 9.94. The van der Waals surface area contributed by atoms with Crippen LogP contribution in [-0.4, -0.2) is 89.8 Å². The van der Waals surface area contributed by atoms with Crippen LogP contribution in [-0.2, 0) is 0 Å². The summed E-state index contributed by atoms with van der Waals surface area (Å²) in [5, 5.41) is 31.4. The largest absolute Gasteiger partial charge is 0.507 e. The molecule has 0 amide bonds. The van der Waals surface area contributed by atoms with Crippen LogP contribution in [0.5, 0.6) is 17.2 Å². The summed E-state index contributed by atoms with van der Waals surface area (Å²) in [5.41, 5.74) is 0.778. The van der Waals surface area contributed by atoms with Gasteiger partial charge in [0, 0.05) is 25.2 Å². The molecule has 3 N–H and O–H groups in total. The Morgan fingerprint density at radius 1 is 0.775 bits per heavy atom. The van der Waals surface area contributed by atoms with Crippen molar-refractivity contribution in [3.63, 3.8) is 0 Å². The third-order valence-corrected chi connectivity index (χ3v) is 7.72. The van der Waals surface area contributed by atoms with E-state index >= 15 is 0 Å². The maximum Gasteiger partial charge on any atom is 0.204 e. The second-order valence-electron chi connectivity index (χ2n) is 11.0. The molecule has 2 atom stereocenters. The highest BCUT2D eigenvalue weighted by Gasteiger charge is 2.18. The SMILES string of the molecule is O=c1c(-c2ccc(OCC(O)CN3CCCCC3)cc2)coc2cc(OCC(O)CN3CCCCC3)cc(O)c12. The molecule has 0 saturated carbocycles. The molecule has 2 unspecified atom stereocenters. The Balaban J connectivity index is 1.20. The van der Waals surface area contributed by atoms with E-state index in [9.17, 15) is 20.1 Å². The Morgan fingerprint density at radius 2 is 1.32 bits per heavy atom. The predicted octanol–water partition coefficient (Wildman–Crippen LogP) is 3.62. The highest BCUT2D eigenvalue weighted by Crippen LogP contribution is 2.31. The number of hydrogen-bond acceptors (Lipinski definition) is 9. The third-order valence-electron chi connectivity index (χ3n) is 7.72. The first-order chi connectivity index (χ1) is 19.5. The summed E-state index contributed by atoms with van der Waals surface area (Å²) in [6.07, 6.45) is 7.27. The number of aromatic hydroxyl groups is 1. The number of phenolic OH excluding ortho intramolecular Hbond substituents is 1. The zero-order valence-corrected chi connectivity index (χ0v) is 23.0. The van der Waals surface area contributed by atoms with Crippen molar-refractivity contribution in [3.8, 4) is 28.4 Å². The van der Waals surface area contributed by atoms with Gasteiger partial charge in [-0.25, -0.2) is 0 Å². The van der Waals surface area contributed by atoms with Gasteiger partial charge in [-0.1, -0.05) is 25.0 Å². The van der Waals surface area contributed by atoms with Crippen molar-refractivity contribution in [2.45, 2.75) is 50.7 Å². The van der Waals surface area contributed by atoms with E-state index in [4.69, 9.17) is 13.9 Å². The molecule has 216 valence electrons. The molecular weight excluding hydrogens is 512 g/mol. The fourth-order valence-corrected chi connectivity index (χ4v) is 5.59. The summed E-state index contributed by atoms with van der Waals surface area (Å²) in [4.78, 5) is 17.8. The molecule has 0 radical (unpaired) electrons. The minimum atomic E-state index is -0.657. The molecule has 3 aromatic rings. The Bertz CT molecular complexity index is 1300. The van der Waals surface area contributed by atoms with Crippen LogP contribution in [0.4, 0.5) is 0 Å². The van der Waals surface area contributed by atoms with Gasteiger partial charge < -0.3 is 39.0 Å². The number of piperidine rings is 2. The molecule has 0 aliphatic carbocycles. The Morgan fingerprint density at radius 3 is 1.90 bits per heavy atom. The highest BCUT2D eigenvalue weighted by molar-refractivity contribution is 5.88. The fourth-order valence-electron chi connectivity index (χ4n) is 5.59.